The summed E-state index contributed by atoms with van der Waals surface area (Å²) < 4.78 is 1.47. The lowest BCUT2D eigenvalue weighted by molar-refractivity contribution is -0.384. The van der Waals surface area contributed by atoms with Crippen LogP contribution in [0, 0.1) is 10.1 Å². The lowest BCUT2D eigenvalue weighted by Gasteiger charge is -2.05. The van der Waals surface area contributed by atoms with Crippen LogP contribution in [0.4, 0.5) is 5.69 Å². The van der Waals surface area contributed by atoms with E-state index in [0.29, 0.717) is 11.3 Å². The van der Waals surface area contributed by atoms with Gasteiger partial charge in [0, 0.05) is 17.8 Å². The molecule has 1 aromatic carbocycles. The number of ketones is 1. The molecule has 0 radical (unpaired) electrons. The van der Waals surface area contributed by atoms with Crippen molar-refractivity contribution in [2.75, 3.05) is 0 Å². The van der Waals surface area contributed by atoms with Crippen LogP contribution in [0.1, 0.15) is 42.7 Å². The van der Waals surface area contributed by atoms with Crippen LogP contribution < -0.4 is 0 Å². The maximum atomic E-state index is 11.3. The molecule has 2 aromatic rings. The summed E-state index contributed by atoms with van der Waals surface area (Å²) in [5.41, 5.74) is 1.40. The maximum Gasteiger partial charge on any atom is 0.295 e. The van der Waals surface area contributed by atoms with Crippen LogP contribution in [0.5, 0.6) is 0 Å². The van der Waals surface area contributed by atoms with Crippen molar-refractivity contribution in [2.24, 2.45) is 0 Å². The third-order valence-corrected chi connectivity index (χ3v) is 3.03. The first-order valence-corrected chi connectivity index (χ1v) is 6.25. The van der Waals surface area contributed by atoms with Gasteiger partial charge in [0.2, 0.25) is 0 Å². The summed E-state index contributed by atoms with van der Waals surface area (Å²) in [6, 6.07) is 6.23. The fraction of sp³-hybridized carbons (Fsp3) is 0.286. The molecule has 0 atom stereocenters. The second kappa shape index (κ2) is 5.24. The number of hydrogen-bond acceptors (Lipinski definition) is 4. The van der Waals surface area contributed by atoms with Gasteiger partial charge in [0.15, 0.2) is 5.78 Å². The van der Waals surface area contributed by atoms with Gasteiger partial charge < -0.3 is 0 Å². The van der Waals surface area contributed by atoms with Crippen molar-refractivity contribution in [1.82, 2.24) is 9.78 Å². The Labute approximate surface area is 116 Å². The highest BCUT2D eigenvalue weighted by molar-refractivity contribution is 5.95. The monoisotopic (exact) mass is 273 g/mol. The van der Waals surface area contributed by atoms with E-state index in [1.165, 1.54) is 17.7 Å². The summed E-state index contributed by atoms with van der Waals surface area (Å²) in [7, 11) is 0. The van der Waals surface area contributed by atoms with Gasteiger partial charge in [-0.3, -0.25) is 14.9 Å². The van der Waals surface area contributed by atoms with Gasteiger partial charge in [0.1, 0.15) is 5.69 Å². The Balaban J connectivity index is 2.55. The topological polar surface area (TPSA) is 78.0 Å². The number of rotatable bonds is 4. The van der Waals surface area contributed by atoms with Crippen LogP contribution in [-0.2, 0) is 0 Å². The molecule has 1 aromatic heterocycles. The number of carbonyl (C=O) groups excluding carboxylic acids is 1. The van der Waals surface area contributed by atoms with E-state index in [9.17, 15) is 14.9 Å². The van der Waals surface area contributed by atoms with Gasteiger partial charge in [-0.25, -0.2) is 4.68 Å². The van der Waals surface area contributed by atoms with Crippen molar-refractivity contribution in [1.29, 1.82) is 0 Å². The van der Waals surface area contributed by atoms with Crippen LogP contribution in [0.15, 0.2) is 30.5 Å². The van der Waals surface area contributed by atoms with Crippen molar-refractivity contribution in [3.63, 3.8) is 0 Å². The molecule has 6 heteroatoms. The lowest BCUT2D eigenvalue weighted by Crippen LogP contribution is -2.04. The second-order valence-electron chi connectivity index (χ2n) is 4.86. The average molecular weight is 273 g/mol. The first-order valence-electron chi connectivity index (χ1n) is 6.25. The molecular weight excluding hydrogens is 258 g/mol. The van der Waals surface area contributed by atoms with Gasteiger partial charge in [0.05, 0.1) is 10.6 Å². The molecule has 0 N–H and O–H groups in total. The Bertz CT molecular complexity index is 674. The molecule has 0 spiro atoms. The van der Waals surface area contributed by atoms with Crippen molar-refractivity contribution in [2.45, 2.75) is 26.7 Å². The fourth-order valence-corrected chi connectivity index (χ4v) is 1.86. The molecule has 0 saturated heterocycles. The zero-order valence-electron chi connectivity index (χ0n) is 11.5. The molecule has 0 fully saturated rings. The van der Waals surface area contributed by atoms with E-state index in [2.05, 4.69) is 5.10 Å². The standard InChI is InChI=1S/C14H15N3O3/c1-9(2)12-6-7-16(15-12)13-5-4-11(10(3)18)8-14(13)17(19)20/h4-9H,1-3H3. The molecule has 0 unspecified atom stereocenters. The van der Waals surface area contributed by atoms with Gasteiger partial charge in [-0.2, -0.15) is 5.10 Å². The fourth-order valence-electron chi connectivity index (χ4n) is 1.86. The van der Waals surface area contributed by atoms with E-state index < -0.39 is 4.92 Å². The van der Waals surface area contributed by atoms with Gasteiger partial charge in [0.25, 0.3) is 5.69 Å². The predicted octanol–water partition coefficient (Wildman–Crippen LogP) is 3.11. The Kier molecular flexibility index (Phi) is 3.65. The molecule has 0 bridgehead atoms. The minimum atomic E-state index is -0.501. The number of benzene rings is 1. The van der Waals surface area contributed by atoms with Crippen LogP contribution >= 0.6 is 0 Å². The molecule has 20 heavy (non-hydrogen) atoms. The average Bonchev–Trinajstić information content (AvgIpc) is 2.87. The molecule has 104 valence electrons. The Morgan fingerprint density at radius 3 is 2.55 bits per heavy atom. The number of hydrogen-bond donors (Lipinski definition) is 0. The second-order valence-corrected chi connectivity index (χ2v) is 4.86. The van der Waals surface area contributed by atoms with Crippen molar-refractivity contribution < 1.29 is 9.72 Å². The summed E-state index contributed by atoms with van der Waals surface area (Å²) in [5, 5.41) is 15.5. The van der Waals surface area contributed by atoms with E-state index in [1.807, 2.05) is 19.9 Å². The van der Waals surface area contributed by atoms with E-state index in [4.69, 9.17) is 0 Å². The Hall–Kier alpha value is -2.50. The van der Waals surface area contributed by atoms with Crippen molar-refractivity contribution >= 4 is 11.5 Å². The van der Waals surface area contributed by atoms with E-state index in [1.54, 1.807) is 18.3 Å². The molecular formula is C14H15N3O3. The lowest BCUT2D eigenvalue weighted by atomic mass is 10.1. The summed E-state index contributed by atoms with van der Waals surface area (Å²) in [5.74, 6) is 0.0368. The maximum absolute atomic E-state index is 11.3. The molecule has 6 nitrogen and oxygen atoms in total. The quantitative estimate of drug-likeness (QED) is 0.487. The Morgan fingerprint density at radius 1 is 1.35 bits per heavy atom. The highest BCUT2D eigenvalue weighted by Crippen LogP contribution is 2.25. The highest BCUT2D eigenvalue weighted by Gasteiger charge is 2.18. The number of carbonyl (C=O) groups is 1. The zero-order chi connectivity index (χ0) is 14.9. The van der Waals surface area contributed by atoms with Crippen LogP contribution in [0.25, 0.3) is 5.69 Å². The first-order chi connectivity index (χ1) is 9.40. The van der Waals surface area contributed by atoms with E-state index in [0.717, 1.165) is 5.69 Å². The van der Waals surface area contributed by atoms with Crippen molar-refractivity contribution in [3.05, 3.63) is 51.8 Å². The van der Waals surface area contributed by atoms with Crippen molar-refractivity contribution in [3.8, 4) is 5.69 Å². The summed E-state index contributed by atoms with van der Waals surface area (Å²) in [6.07, 6.45) is 1.69. The number of aromatic nitrogens is 2. The van der Waals surface area contributed by atoms with E-state index >= 15 is 0 Å². The van der Waals surface area contributed by atoms with Gasteiger partial charge >= 0.3 is 0 Å². The zero-order valence-corrected chi connectivity index (χ0v) is 11.5. The molecule has 0 aliphatic heterocycles. The number of Topliss-reactive ketones (excluding diaryl/α,β-unsaturated/α-hetero) is 1. The molecule has 0 aliphatic rings. The van der Waals surface area contributed by atoms with E-state index in [-0.39, 0.29) is 17.4 Å². The summed E-state index contributed by atoms with van der Waals surface area (Å²) >= 11 is 0. The van der Waals surface area contributed by atoms with Crippen LogP contribution in [0.3, 0.4) is 0 Å². The van der Waals surface area contributed by atoms with Gasteiger partial charge in [-0.1, -0.05) is 13.8 Å². The molecule has 0 amide bonds. The van der Waals surface area contributed by atoms with Gasteiger partial charge in [-0.05, 0) is 31.0 Å². The highest BCUT2D eigenvalue weighted by atomic mass is 16.6. The third-order valence-electron chi connectivity index (χ3n) is 3.03. The molecule has 0 aliphatic carbocycles. The smallest absolute Gasteiger partial charge is 0.295 e. The predicted molar refractivity (Wildman–Crippen MR) is 74.3 cm³/mol. The normalized spacial score (nSPS) is 10.8. The third kappa shape index (κ3) is 2.59. The summed E-state index contributed by atoms with van der Waals surface area (Å²) in [6.45, 7) is 5.38. The number of nitro groups is 1. The van der Waals surface area contributed by atoms with Crippen LogP contribution in [0.2, 0.25) is 0 Å². The first kappa shape index (κ1) is 13.9. The largest absolute Gasteiger partial charge is 0.295 e. The minimum Gasteiger partial charge on any atom is -0.295 e. The summed E-state index contributed by atoms with van der Waals surface area (Å²) in [4.78, 5) is 22.0. The molecule has 1 heterocycles. The number of nitro benzene ring substituents is 1. The SMILES string of the molecule is CC(=O)c1ccc(-n2ccc(C(C)C)n2)c([N+](=O)[O-])c1. The Morgan fingerprint density at radius 2 is 2.05 bits per heavy atom. The van der Waals surface area contributed by atoms with Crippen LogP contribution in [-0.4, -0.2) is 20.5 Å². The molecule has 0 saturated carbocycles. The number of nitrogens with zero attached hydrogens (tertiary/aromatic N) is 3. The molecule has 2 rings (SSSR count). The minimum absolute atomic E-state index is 0.129. The van der Waals surface area contributed by atoms with Gasteiger partial charge in [-0.15, -0.1) is 0 Å².